The highest BCUT2D eigenvalue weighted by molar-refractivity contribution is 5.55. The van der Waals surface area contributed by atoms with Gasteiger partial charge in [-0.25, -0.2) is 0 Å². The Hall–Kier alpha value is -1.46. The fourth-order valence-corrected chi connectivity index (χ4v) is 3.56. The standard InChI is InChI=1S/C19H31N3O2/c1-23-18-6-5-17(21-16-7-9-20-10-8-16)15-19(18)24-14-4-13-22-11-2-3-12-22/h5-6,15-16,20-21H,2-4,7-14H2,1H3. The molecule has 0 amide bonds. The molecule has 0 bridgehead atoms. The molecule has 1 aromatic carbocycles. The van der Waals surface area contributed by atoms with Crippen molar-refractivity contribution in [3.63, 3.8) is 0 Å². The van der Waals surface area contributed by atoms with Gasteiger partial charge in [0, 0.05) is 24.3 Å². The highest BCUT2D eigenvalue weighted by Gasteiger charge is 2.14. The van der Waals surface area contributed by atoms with Crippen molar-refractivity contribution >= 4 is 5.69 Å². The van der Waals surface area contributed by atoms with Gasteiger partial charge in [-0.05, 0) is 70.4 Å². The van der Waals surface area contributed by atoms with E-state index in [1.54, 1.807) is 7.11 Å². The van der Waals surface area contributed by atoms with Crippen LogP contribution in [0.1, 0.15) is 32.1 Å². The van der Waals surface area contributed by atoms with E-state index in [0.29, 0.717) is 6.04 Å². The van der Waals surface area contributed by atoms with Gasteiger partial charge in [0.25, 0.3) is 0 Å². The summed E-state index contributed by atoms with van der Waals surface area (Å²) >= 11 is 0. The summed E-state index contributed by atoms with van der Waals surface area (Å²) in [5.74, 6) is 1.66. The molecule has 2 aliphatic heterocycles. The molecule has 24 heavy (non-hydrogen) atoms. The quantitative estimate of drug-likeness (QED) is 0.716. The largest absolute Gasteiger partial charge is 0.493 e. The Labute approximate surface area is 145 Å². The Kier molecular flexibility index (Phi) is 6.61. The Morgan fingerprint density at radius 1 is 1.17 bits per heavy atom. The van der Waals surface area contributed by atoms with E-state index in [1.165, 1.54) is 25.9 Å². The third-order valence-corrected chi connectivity index (χ3v) is 4.95. The lowest BCUT2D eigenvalue weighted by Crippen LogP contribution is -2.35. The van der Waals surface area contributed by atoms with Gasteiger partial charge in [-0.3, -0.25) is 0 Å². The number of benzene rings is 1. The van der Waals surface area contributed by atoms with E-state index in [0.717, 1.165) is 62.7 Å². The highest BCUT2D eigenvalue weighted by Crippen LogP contribution is 2.31. The van der Waals surface area contributed by atoms with Gasteiger partial charge in [-0.15, -0.1) is 0 Å². The van der Waals surface area contributed by atoms with E-state index >= 15 is 0 Å². The fourth-order valence-electron chi connectivity index (χ4n) is 3.56. The Morgan fingerprint density at radius 2 is 1.96 bits per heavy atom. The van der Waals surface area contributed by atoms with E-state index in [4.69, 9.17) is 9.47 Å². The minimum Gasteiger partial charge on any atom is -0.493 e. The van der Waals surface area contributed by atoms with Crippen LogP contribution in [0.15, 0.2) is 18.2 Å². The van der Waals surface area contributed by atoms with Crippen molar-refractivity contribution in [1.82, 2.24) is 10.2 Å². The molecule has 5 nitrogen and oxygen atoms in total. The summed E-state index contributed by atoms with van der Waals surface area (Å²) in [7, 11) is 1.70. The van der Waals surface area contributed by atoms with Gasteiger partial charge in [0.15, 0.2) is 11.5 Å². The van der Waals surface area contributed by atoms with E-state index in [9.17, 15) is 0 Å². The normalized spacial score (nSPS) is 19.4. The monoisotopic (exact) mass is 333 g/mol. The number of nitrogens with one attached hydrogen (secondary N) is 2. The molecule has 2 fully saturated rings. The molecule has 0 atom stereocenters. The number of nitrogens with zero attached hydrogens (tertiary/aromatic N) is 1. The second-order valence-corrected chi connectivity index (χ2v) is 6.79. The molecule has 3 rings (SSSR count). The topological polar surface area (TPSA) is 45.8 Å². The fraction of sp³-hybridized carbons (Fsp3) is 0.684. The number of hydrogen-bond acceptors (Lipinski definition) is 5. The van der Waals surface area contributed by atoms with Gasteiger partial charge in [0.2, 0.25) is 0 Å². The maximum absolute atomic E-state index is 6.01. The van der Waals surface area contributed by atoms with Crippen LogP contribution in [0.3, 0.4) is 0 Å². The number of piperidine rings is 1. The van der Waals surface area contributed by atoms with E-state index < -0.39 is 0 Å². The van der Waals surface area contributed by atoms with Crippen molar-refractivity contribution in [2.24, 2.45) is 0 Å². The zero-order valence-electron chi connectivity index (χ0n) is 14.9. The smallest absolute Gasteiger partial charge is 0.163 e. The van der Waals surface area contributed by atoms with Crippen molar-refractivity contribution in [3.05, 3.63) is 18.2 Å². The molecule has 0 saturated carbocycles. The summed E-state index contributed by atoms with van der Waals surface area (Å²) in [6, 6.07) is 6.70. The summed E-state index contributed by atoms with van der Waals surface area (Å²) in [5, 5.41) is 7.02. The van der Waals surface area contributed by atoms with Crippen LogP contribution in [0, 0.1) is 0 Å². The molecule has 1 aromatic rings. The molecule has 0 radical (unpaired) electrons. The first-order valence-electron chi connectivity index (χ1n) is 9.35. The first-order valence-corrected chi connectivity index (χ1v) is 9.35. The van der Waals surface area contributed by atoms with Crippen LogP contribution >= 0.6 is 0 Å². The summed E-state index contributed by atoms with van der Waals surface area (Å²) < 4.78 is 11.5. The van der Waals surface area contributed by atoms with Gasteiger partial charge >= 0.3 is 0 Å². The minimum atomic E-state index is 0.544. The Bertz CT molecular complexity index is 497. The number of likely N-dealkylation sites (tertiary alicyclic amines) is 1. The maximum atomic E-state index is 6.01. The van der Waals surface area contributed by atoms with Gasteiger partial charge in [-0.2, -0.15) is 0 Å². The summed E-state index contributed by atoms with van der Waals surface area (Å²) in [6.07, 6.45) is 6.09. The molecule has 0 aliphatic carbocycles. The van der Waals surface area contributed by atoms with Crippen molar-refractivity contribution in [1.29, 1.82) is 0 Å². The number of ether oxygens (including phenoxy) is 2. The van der Waals surface area contributed by atoms with Crippen LogP contribution in [0.2, 0.25) is 0 Å². The van der Waals surface area contributed by atoms with Crippen LogP contribution in [-0.2, 0) is 0 Å². The first-order chi connectivity index (χ1) is 11.8. The minimum absolute atomic E-state index is 0.544. The number of methoxy groups -OCH3 is 1. The van der Waals surface area contributed by atoms with Crippen LogP contribution in [0.25, 0.3) is 0 Å². The maximum Gasteiger partial charge on any atom is 0.163 e. The molecule has 5 heteroatoms. The molecule has 134 valence electrons. The van der Waals surface area contributed by atoms with Crippen LogP contribution < -0.4 is 20.1 Å². The average Bonchev–Trinajstić information content (AvgIpc) is 3.13. The van der Waals surface area contributed by atoms with Crippen LogP contribution in [-0.4, -0.2) is 57.4 Å². The van der Waals surface area contributed by atoms with E-state index in [2.05, 4.69) is 27.7 Å². The van der Waals surface area contributed by atoms with Gasteiger partial charge < -0.3 is 25.0 Å². The third-order valence-electron chi connectivity index (χ3n) is 4.95. The first kappa shape index (κ1) is 17.4. The van der Waals surface area contributed by atoms with E-state index in [-0.39, 0.29) is 0 Å². The molecule has 2 heterocycles. The molecule has 2 N–H and O–H groups in total. The Balaban J connectivity index is 1.50. The molecule has 0 aromatic heterocycles. The summed E-state index contributed by atoms with van der Waals surface area (Å²) in [4.78, 5) is 2.52. The van der Waals surface area contributed by atoms with Crippen molar-refractivity contribution < 1.29 is 9.47 Å². The number of hydrogen-bond donors (Lipinski definition) is 2. The zero-order valence-corrected chi connectivity index (χ0v) is 14.9. The lowest BCUT2D eigenvalue weighted by atomic mass is 10.1. The predicted molar refractivity (Wildman–Crippen MR) is 98.3 cm³/mol. The molecular weight excluding hydrogens is 302 g/mol. The molecule has 0 unspecified atom stereocenters. The second-order valence-electron chi connectivity index (χ2n) is 6.79. The van der Waals surface area contributed by atoms with E-state index in [1.807, 2.05) is 6.07 Å². The van der Waals surface area contributed by atoms with Gasteiger partial charge in [-0.1, -0.05) is 0 Å². The van der Waals surface area contributed by atoms with Crippen molar-refractivity contribution in [2.75, 3.05) is 51.8 Å². The van der Waals surface area contributed by atoms with Crippen molar-refractivity contribution in [3.8, 4) is 11.5 Å². The molecule has 0 spiro atoms. The van der Waals surface area contributed by atoms with Crippen molar-refractivity contribution in [2.45, 2.75) is 38.1 Å². The Morgan fingerprint density at radius 3 is 2.71 bits per heavy atom. The second kappa shape index (κ2) is 9.14. The van der Waals surface area contributed by atoms with Crippen LogP contribution in [0.4, 0.5) is 5.69 Å². The lowest BCUT2D eigenvalue weighted by molar-refractivity contribution is 0.254. The van der Waals surface area contributed by atoms with Gasteiger partial charge in [0.05, 0.1) is 13.7 Å². The summed E-state index contributed by atoms with van der Waals surface area (Å²) in [6.45, 7) is 6.55. The molecule has 2 aliphatic rings. The van der Waals surface area contributed by atoms with Crippen LogP contribution in [0.5, 0.6) is 11.5 Å². The number of anilines is 1. The molecular formula is C19H31N3O2. The zero-order chi connectivity index (χ0) is 16.6. The number of rotatable bonds is 8. The highest BCUT2D eigenvalue weighted by atomic mass is 16.5. The summed E-state index contributed by atoms with van der Waals surface area (Å²) in [5.41, 5.74) is 1.12. The molecule has 2 saturated heterocycles. The average molecular weight is 333 g/mol. The van der Waals surface area contributed by atoms with Gasteiger partial charge in [0.1, 0.15) is 0 Å². The third kappa shape index (κ3) is 5.02. The SMILES string of the molecule is COc1ccc(NC2CCNCC2)cc1OCCCN1CCCC1. The predicted octanol–water partition coefficient (Wildman–Crippen LogP) is 2.72. The lowest BCUT2D eigenvalue weighted by Gasteiger charge is -2.25.